The van der Waals surface area contributed by atoms with E-state index in [0.717, 1.165) is 63.8 Å². The summed E-state index contributed by atoms with van der Waals surface area (Å²) in [6.45, 7) is 8.11. The molecule has 0 aliphatic carbocycles. The molecule has 0 aromatic carbocycles. The summed E-state index contributed by atoms with van der Waals surface area (Å²) in [5.41, 5.74) is 7.04. The number of fused-ring (bicyclic) bond motifs is 1. The van der Waals surface area contributed by atoms with Crippen LogP contribution < -0.4 is 4.74 Å². The molecule has 0 amide bonds. The number of aryl methyl sites for hydroxylation is 4. The van der Waals surface area contributed by atoms with E-state index in [1.807, 2.05) is 32.9 Å². The molecule has 0 fully saturated rings. The summed E-state index contributed by atoms with van der Waals surface area (Å²) in [6.07, 6.45) is 1.62. The van der Waals surface area contributed by atoms with Gasteiger partial charge in [-0.15, -0.1) is 0 Å². The zero-order chi connectivity index (χ0) is 16.6. The topological polar surface area (TPSA) is 63.7 Å². The van der Waals surface area contributed by atoms with E-state index in [-0.39, 0.29) is 0 Å². The molecule has 0 aliphatic heterocycles. The summed E-state index contributed by atoms with van der Waals surface area (Å²) in [7, 11) is 1.71. The molecule has 1 N–H and O–H groups in total. The van der Waals surface area contributed by atoms with Crippen molar-refractivity contribution in [2.24, 2.45) is 0 Å². The van der Waals surface area contributed by atoms with Crippen molar-refractivity contribution in [3.63, 3.8) is 0 Å². The summed E-state index contributed by atoms with van der Waals surface area (Å²) in [5.74, 6) is 1.88. The number of H-pyrrole nitrogens is 1. The first-order valence-electron chi connectivity index (χ1n) is 7.82. The summed E-state index contributed by atoms with van der Waals surface area (Å²) >= 11 is 0. The molecule has 0 bridgehead atoms. The second-order valence-electron chi connectivity index (χ2n) is 5.93. The number of methoxy groups -OCH3 is 1. The van der Waals surface area contributed by atoms with Crippen LogP contribution in [0.2, 0.25) is 0 Å². The highest BCUT2D eigenvalue weighted by atomic mass is 16.5. The minimum Gasteiger partial charge on any atom is -0.496 e. The quantitative estimate of drug-likeness (QED) is 0.802. The molecule has 3 rings (SSSR count). The normalized spacial score (nSPS) is 11.2. The number of rotatable bonds is 4. The van der Waals surface area contributed by atoms with Crippen LogP contribution in [0.1, 0.15) is 34.0 Å². The van der Waals surface area contributed by atoms with Crippen LogP contribution in [0.5, 0.6) is 5.75 Å². The van der Waals surface area contributed by atoms with Crippen LogP contribution in [-0.2, 0) is 12.8 Å². The van der Waals surface area contributed by atoms with Crippen molar-refractivity contribution < 1.29 is 4.74 Å². The van der Waals surface area contributed by atoms with Gasteiger partial charge in [-0.2, -0.15) is 0 Å². The fraction of sp³-hybridized carbons (Fsp3) is 0.389. The van der Waals surface area contributed by atoms with Crippen LogP contribution in [0.25, 0.3) is 11.2 Å². The summed E-state index contributed by atoms with van der Waals surface area (Å²) in [5, 5.41) is 0. The Morgan fingerprint density at radius 3 is 2.48 bits per heavy atom. The third kappa shape index (κ3) is 2.91. The van der Waals surface area contributed by atoms with Crippen molar-refractivity contribution in [2.75, 3.05) is 7.11 Å². The van der Waals surface area contributed by atoms with Crippen molar-refractivity contribution in [3.8, 4) is 5.75 Å². The van der Waals surface area contributed by atoms with Gasteiger partial charge >= 0.3 is 0 Å². The number of pyridine rings is 2. The Kier molecular flexibility index (Phi) is 4.03. The SMILES string of the molecule is COc1c(C)c(C)nc(CCc2nc3nc(C)ccc3[nH]2)c1C. The van der Waals surface area contributed by atoms with Gasteiger partial charge in [-0.3, -0.25) is 4.98 Å². The third-order valence-electron chi connectivity index (χ3n) is 4.30. The van der Waals surface area contributed by atoms with E-state index in [1.54, 1.807) is 7.11 Å². The van der Waals surface area contributed by atoms with Crippen LogP contribution in [-0.4, -0.2) is 27.0 Å². The standard InChI is InChI=1S/C18H22N4O/c1-10-6-7-15-18(19-10)22-16(21-15)9-8-14-12(3)17(23-5)11(2)13(4)20-14/h6-7H,8-9H2,1-5H3,(H,19,21,22). The fourth-order valence-electron chi connectivity index (χ4n) is 2.89. The Bertz CT molecular complexity index is 867. The van der Waals surface area contributed by atoms with E-state index in [9.17, 15) is 0 Å². The average molecular weight is 310 g/mol. The minimum atomic E-state index is 0.780. The van der Waals surface area contributed by atoms with Gasteiger partial charge in [0.15, 0.2) is 5.65 Å². The lowest BCUT2D eigenvalue weighted by molar-refractivity contribution is 0.406. The maximum atomic E-state index is 5.54. The van der Waals surface area contributed by atoms with E-state index in [0.29, 0.717) is 0 Å². The number of aromatic amines is 1. The Morgan fingerprint density at radius 1 is 0.957 bits per heavy atom. The Labute approximate surface area is 136 Å². The van der Waals surface area contributed by atoms with E-state index in [2.05, 4.69) is 21.9 Å². The summed E-state index contributed by atoms with van der Waals surface area (Å²) < 4.78 is 5.54. The summed E-state index contributed by atoms with van der Waals surface area (Å²) in [4.78, 5) is 17.1. The molecule has 0 saturated carbocycles. The highest BCUT2D eigenvalue weighted by Crippen LogP contribution is 2.27. The van der Waals surface area contributed by atoms with Crippen molar-refractivity contribution in [1.29, 1.82) is 0 Å². The van der Waals surface area contributed by atoms with Crippen LogP contribution in [0.15, 0.2) is 12.1 Å². The van der Waals surface area contributed by atoms with Gasteiger partial charge in [0.05, 0.1) is 12.6 Å². The van der Waals surface area contributed by atoms with Crippen molar-refractivity contribution in [3.05, 3.63) is 46.2 Å². The van der Waals surface area contributed by atoms with Gasteiger partial charge in [-0.1, -0.05) is 0 Å². The second kappa shape index (κ2) is 5.99. The van der Waals surface area contributed by atoms with Gasteiger partial charge < -0.3 is 9.72 Å². The minimum absolute atomic E-state index is 0.780. The Hall–Kier alpha value is -2.43. The molecule has 3 aromatic heterocycles. The molecule has 0 radical (unpaired) electrons. The maximum absolute atomic E-state index is 5.54. The van der Waals surface area contributed by atoms with Crippen LogP contribution >= 0.6 is 0 Å². The van der Waals surface area contributed by atoms with Crippen LogP contribution in [0, 0.1) is 27.7 Å². The van der Waals surface area contributed by atoms with Gasteiger partial charge in [-0.05, 0) is 46.2 Å². The number of ether oxygens (including phenoxy) is 1. The van der Waals surface area contributed by atoms with E-state index in [1.165, 1.54) is 0 Å². The van der Waals surface area contributed by atoms with E-state index in [4.69, 9.17) is 9.72 Å². The Morgan fingerprint density at radius 2 is 1.74 bits per heavy atom. The van der Waals surface area contributed by atoms with Gasteiger partial charge in [0.2, 0.25) is 0 Å². The molecule has 3 aromatic rings. The van der Waals surface area contributed by atoms with Gasteiger partial charge in [0.1, 0.15) is 11.6 Å². The Balaban J connectivity index is 1.86. The smallest absolute Gasteiger partial charge is 0.177 e. The van der Waals surface area contributed by atoms with Gasteiger partial charge in [-0.25, -0.2) is 9.97 Å². The zero-order valence-corrected chi connectivity index (χ0v) is 14.3. The molecule has 23 heavy (non-hydrogen) atoms. The first-order valence-corrected chi connectivity index (χ1v) is 7.82. The van der Waals surface area contributed by atoms with Crippen molar-refractivity contribution >= 4 is 11.2 Å². The highest BCUT2D eigenvalue weighted by molar-refractivity contribution is 5.70. The monoisotopic (exact) mass is 310 g/mol. The molecule has 0 atom stereocenters. The lowest BCUT2D eigenvalue weighted by Gasteiger charge is -2.14. The summed E-state index contributed by atoms with van der Waals surface area (Å²) in [6, 6.07) is 4.01. The number of nitrogens with one attached hydrogen (secondary N) is 1. The highest BCUT2D eigenvalue weighted by Gasteiger charge is 2.13. The molecular formula is C18H22N4O. The third-order valence-corrected chi connectivity index (χ3v) is 4.30. The number of hydrogen-bond acceptors (Lipinski definition) is 4. The molecule has 0 spiro atoms. The van der Waals surface area contributed by atoms with Crippen LogP contribution in [0.3, 0.4) is 0 Å². The first kappa shape index (κ1) is 15.5. The molecule has 0 unspecified atom stereocenters. The molecule has 0 aliphatic rings. The van der Waals surface area contributed by atoms with Crippen molar-refractivity contribution in [2.45, 2.75) is 40.5 Å². The first-order chi connectivity index (χ1) is 11.0. The molecule has 5 heteroatoms. The zero-order valence-electron chi connectivity index (χ0n) is 14.3. The van der Waals surface area contributed by atoms with E-state index >= 15 is 0 Å². The molecule has 0 saturated heterocycles. The van der Waals surface area contributed by atoms with Crippen molar-refractivity contribution in [1.82, 2.24) is 19.9 Å². The molecule has 5 nitrogen and oxygen atoms in total. The largest absolute Gasteiger partial charge is 0.496 e. The number of hydrogen-bond donors (Lipinski definition) is 1. The van der Waals surface area contributed by atoms with E-state index < -0.39 is 0 Å². The lowest BCUT2D eigenvalue weighted by Crippen LogP contribution is -2.05. The lowest BCUT2D eigenvalue weighted by atomic mass is 10.0. The predicted octanol–water partition coefficient (Wildman–Crippen LogP) is 3.38. The molecule has 120 valence electrons. The average Bonchev–Trinajstić information content (AvgIpc) is 2.92. The molecular weight excluding hydrogens is 288 g/mol. The predicted molar refractivity (Wildman–Crippen MR) is 91.0 cm³/mol. The fourth-order valence-corrected chi connectivity index (χ4v) is 2.89. The van der Waals surface area contributed by atoms with Crippen LogP contribution in [0.4, 0.5) is 0 Å². The number of aromatic nitrogens is 4. The van der Waals surface area contributed by atoms with Gasteiger partial charge in [0.25, 0.3) is 0 Å². The second-order valence-corrected chi connectivity index (χ2v) is 5.93. The maximum Gasteiger partial charge on any atom is 0.177 e. The number of nitrogens with zero attached hydrogens (tertiary/aromatic N) is 3. The van der Waals surface area contributed by atoms with Gasteiger partial charge in [0, 0.05) is 34.6 Å². The number of imidazole rings is 1. The molecule has 3 heterocycles.